The zero-order valence-electron chi connectivity index (χ0n) is 10.0. The SMILES string of the molecule is N#Cc1ccc(/C=C/C(=O)O[C@H]2CCOC2=O)cc1. The monoisotopic (exact) mass is 257 g/mol. The number of benzene rings is 1. The molecule has 0 unspecified atom stereocenters. The summed E-state index contributed by atoms with van der Waals surface area (Å²) in [5, 5.41) is 8.64. The highest BCUT2D eigenvalue weighted by atomic mass is 16.6. The molecule has 0 aliphatic carbocycles. The molecule has 0 aromatic heterocycles. The van der Waals surface area contributed by atoms with Crippen LogP contribution in [0, 0.1) is 11.3 Å². The summed E-state index contributed by atoms with van der Waals surface area (Å²) in [4.78, 5) is 22.6. The van der Waals surface area contributed by atoms with Crippen LogP contribution in [0.25, 0.3) is 6.08 Å². The second kappa shape index (κ2) is 5.83. The molecule has 19 heavy (non-hydrogen) atoms. The molecule has 0 N–H and O–H groups in total. The Balaban J connectivity index is 1.92. The molecule has 0 spiro atoms. The fourth-order valence-corrected chi connectivity index (χ4v) is 1.60. The Morgan fingerprint density at radius 2 is 2.16 bits per heavy atom. The first-order valence-corrected chi connectivity index (χ1v) is 5.74. The van der Waals surface area contributed by atoms with Gasteiger partial charge in [0.25, 0.3) is 0 Å². The molecule has 1 atom stereocenters. The summed E-state index contributed by atoms with van der Waals surface area (Å²) in [5.74, 6) is -1.09. The van der Waals surface area contributed by atoms with Crippen LogP contribution in [0.1, 0.15) is 17.5 Å². The van der Waals surface area contributed by atoms with E-state index in [4.69, 9.17) is 10.00 Å². The van der Waals surface area contributed by atoms with Crippen molar-refractivity contribution in [3.05, 3.63) is 41.5 Å². The van der Waals surface area contributed by atoms with E-state index in [1.165, 1.54) is 6.08 Å². The van der Waals surface area contributed by atoms with Crippen molar-refractivity contribution in [3.8, 4) is 6.07 Å². The van der Waals surface area contributed by atoms with Crippen LogP contribution in [0.5, 0.6) is 0 Å². The number of nitrogens with zero attached hydrogens (tertiary/aromatic N) is 1. The quantitative estimate of drug-likeness (QED) is 0.604. The first-order valence-electron chi connectivity index (χ1n) is 5.74. The number of ether oxygens (including phenoxy) is 2. The number of nitriles is 1. The number of rotatable bonds is 3. The highest BCUT2D eigenvalue weighted by Gasteiger charge is 2.29. The zero-order valence-corrected chi connectivity index (χ0v) is 10.0. The van der Waals surface area contributed by atoms with Gasteiger partial charge in [-0.3, -0.25) is 0 Å². The third-order valence-electron chi connectivity index (χ3n) is 2.60. The predicted octanol–water partition coefficient (Wildman–Crippen LogP) is 1.43. The molecule has 5 heteroatoms. The molecule has 1 heterocycles. The van der Waals surface area contributed by atoms with Crippen molar-refractivity contribution in [2.45, 2.75) is 12.5 Å². The number of carbonyl (C=O) groups is 2. The van der Waals surface area contributed by atoms with Gasteiger partial charge >= 0.3 is 11.9 Å². The normalized spacial score (nSPS) is 18.1. The smallest absolute Gasteiger partial charge is 0.347 e. The third kappa shape index (κ3) is 3.42. The molecule has 0 saturated carbocycles. The number of hydrogen-bond acceptors (Lipinski definition) is 5. The van der Waals surface area contributed by atoms with Gasteiger partial charge in [0.05, 0.1) is 18.2 Å². The van der Waals surface area contributed by atoms with E-state index in [1.54, 1.807) is 30.3 Å². The highest BCUT2D eigenvalue weighted by Crippen LogP contribution is 2.11. The average Bonchev–Trinajstić information content (AvgIpc) is 2.82. The maximum Gasteiger partial charge on any atom is 0.347 e. The molecule has 5 nitrogen and oxygen atoms in total. The van der Waals surface area contributed by atoms with Crippen molar-refractivity contribution in [2.75, 3.05) is 6.61 Å². The molecule has 1 aliphatic heterocycles. The van der Waals surface area contributed by atoms with Crippen molar-refractivity contribution in [1.29, 1.82) is 5.26 Å². The maximum absolute atomic E-state index is 11.5. The summed E-state index contributed by atoms with van der Waals surface area (Å²) in [5.41, 5.74) is 1.32. The first kappa shape index (κ1) is 12.8. The van der Waals surface area contributed by atoms with Crippen LogP contribution in [0.4, 0.5) is 0 Å². The Morgan fingerprint density at radius 1 is 1.42 bits per heavy atom. The topological polar surface area (TPSA) is 76.4 Å². The largest absolute Gasteiger partial charge is 0.463 e. The number of carbonyl (C=O) groups excluding carboxylic acids is 2. The van der Waals surface area contributed by atoms with Gasteiger partial charge < -0.3 is 9.47 Å². The number of esters is 2. The minimum absolute atomic E-state index is 0.288. The Labute approximate surface area is 110 Å². The number of cyclic esters (lactones) is 1. The lowest BCUT2D eigenvalue weighted by molar-refractivity contribution is -0.156. The lowest BCUT2D eigenvalue weighted by atomic mass is 10.1. The molecule has 0 amide bonds. The summed E-state index contributed by atoms with van der Waals surface area (Å²) in [6, 6.07) is 8.74. The summed E-state index contributed by atoms with van der Waals surface area (Å²) in [6.45, 7) is 0.288. The molecule has 1 aliphatic rings. The molecule has 1 saturated heterocycles. The minimum atomic E-state index is -0.793. The van der Waals surface area contributed by atoms with E-state index >= 15 is 0 Å². The number of hydrogen-bond donors (Lipinski definition) is 0. The molecular formula is C14H11NO4. The second-order valence-corrected chi connectivity index (χ2v) is 3.95. The molecular weight excluding hydrogens is 246 g/mol. The second-order valence-electron chi connectivity index (χ2n) is 3.95. The van der Waals surface area contributed by atoms with E-state index in [1.807, 2.05) is 6.07 Å². The van der Waals surface area contributed by atoms with Gasteiger partial charge in [0.15, 0.2) is 0 Å². The van der Waals surface area contributed by atoms with Crippen LogP contribution in [0.15, 0.2) is 30.3 Å². The van der Waals surface area contributed by atoms with Crippen LogP contribution >= 0.6 is 0 Å². The molecule has 1 aromatic rings. The van der Waals surface area contributed by atoms with Crippen molar-refractivity contribution in [1.82, 2.24) is 0 Å². The Bertz CT molecular complexity index is 554. The van der Waals surface area contributed by atoms with Crippen LogP contribution in [-0.4, -0.2) is 24.6 Å². The van der Waals surface area contributed by atoms with Crippen molar-refractivity contribution in [3.63, 3.8) is 0 Å². The fraction of sp³-hybridized carbons (Fsp3) is 0.214. The zero-order chi connectivity index (χ0) is 13.7. The molecule has 0 radical (unpaired) electrons. The van der Waals surface area contributed by atoms with Gasteiger partial charge in [-0.1, -0.05) is 12.1 Å². The van der Waals surface area contributed by atoms with Gasteiger partial charge in [-0.2, -0.15) is 5.26 Å². The highest BCUT2D eigenvalue weighted by molar-refractivity contribution is 5.89. The van der Waals surface area contributed by atoms with Crippen molar-refractivity contribution >= 4 is 18.0 Å². The first-order chi connectivity index (χ1) is 9.19. The van der Waals surface area contributed by atoms with E-state index in [0.29, 0.717) is 12.0 Å². The molecule has 0 bridgehead atoms. The van der Waals surface area contributed by atoms with Gasteiger partial charge in [-0.15, -0.1) is 0 Å². The Hall–Kier alpha value is -2.61. The van der Waals surface area contributed by atoms with Gasteiger partial charge in [0.1, 0.15) is 0 Å². The standard InChI is InChI=1S/C14H11NO4/c15-9-11-3-1-10(2-4-11)5-6-13(16)19-12-7-8-18-14(12)17/h1-6,12H,7-8H2/b6-5+/t12-/m0/s1. The van der Waals surface area contributed by atoms with Gasteiger partial charge in [0, 0.05) is 12.5 Å². The van der Waals surface area contributed by atoms with Gasteiger partial charge in [-0.25, -0.2) is 9.59 Å². The van der Waals surface area contributed by atoms with Crippen molar-refractivity contribution < 1.29 is 19.1 Å². The van der Waals surface area contributed by atoms with Crippen LogP contribution < -0.4 is 0 Å². The van der Waals surface area contributed by atoms with Crippen LogP contribution in [-0.2, 0) is 19.1 Å². The lowest BCUT2D eigenvalue weighted by Gasteiger charge is -2.04. The van der Waals surface area contributed by atoms with E-state index in [-0.39, 0.29) is 6.61 Å². The summed E-state index contributed by atoms with van der Waals surface area (Å²) >= 11 is 0. The van der Waals surface area contributed by atoms with Crippen LogP contribution in [0.2, 0.25) is 0 Å². The summed E-state index contributed by atoms with van der Waals surface area (Å²) in [6.07, 6.45) is 2.41. The molecule has 1 aromatic carbocycles. The fourth-order valence-electron chi connectivity index (χ4n) is 1.60. The minimum Gasteiger partial charge on any atom is -0.463 e. The molecule has 2 rings (SSSR count). The van der Waals surface area contributed by atoms with E-state index in [2.05, 4.69) is 4.74 Å². The van der Waals surface area contributed by atoms with Gasteiger partial charge in [0.2, 0.25) is 6.10 Å². The Morgan fingerprint density at radius 3 is 2.74 bits per heavy atom. The molecule has 1 fully saturated rings. The van der Waals surface area contributed by atoms with E-state index in [9.17, 15) is 9.59 Å². The maximum atomic E-state index is 11.5. The summed E-state index contributed by atoms with van der Waals surface area (Å²) in [7, 11) is 0. The summed E-state index contributed by atoms with van der Waals surface area (Å²) < 4.78 is 9.62. The molecule has 96 valence electrons. The van der Waals surface area contributed by atoms with Crippen molar-refractivity contribution in [2.24, 2.45) is 0 Å². The predicted molar refractivity (Wildman–Crippen MR) is 65.6 cm³/mol. The van der Waals surface area contributed by atoms with Gasteiger partial charge in [-0.05, 0) is 23.8 Å². The lowest BCUT2D eigenvalue weighted by Crippen LogP contribution is -2.21. The van der Waals surface area contributed by atoms with E-state index in [0.717, 1.165) is 5.56 Å². The Kier molecular flexibility index (Phi) is 3.94. The van der Waals surface area contributed by atoms with E-state index < -0.39 is 18.0 Å². The third-order valence-corrected chi connectivity index (χ3v) is 2.60. The van der Waals surface area contributed by atoms with Crippen LogP contribution in [0.3, 0.4) is 0 Å². The average molecular weight is 257 g/mol.